The Hall–Kier alpha value is -3.66. The normalized spacial score (nSPS) is 11.9. The van der Waals surface area contributed by atoms with Gasteiger partial charge in [-0.25, -0.2) is 4.98 Å². The van der Waals surface area contributed by atoms with E-state index >= 15 is 0 Å². The molecule has 4 heteroatoms. The van der Waals surface area contributed by atoms with Crippen molar-refractivity contribution in [3.05, 3.63) is 96.1 Å². The number of nitrogens with zero attached hydrogens (tertiary/aromatic N) is 1. The van der Waals surface area contributed by atoms with E-state index in [4.69, 9.17) is 4.98 Å². The van der Waals surface area contributed by atoms with Gasteiger partial charge in [0.1, 0.15) is 5.75 Å². The summed E-state index contributed by atoms with van der Waals surface area (Å²) in [4.78, 5) is 17.8. The van der Waals surface area contributed by atoms with E-state index in [1.165, 1.54) is 0 Å². The summed E-state index contributed by atoms with van der Waals surface area (Å²) in [6.45, 7) is 1.97. The zero-order valence-corrected chi connectivity index (χ0v) is 15.5. The van der Waals surface area contributed by atoms with Crippen LogP contribution in [0.5, 0.6) is 5.75 Å². The average Bonchev–Trinajstić information content (AvgIpc) is 2.74. The van der Waals surface area contributed by atoms with Gasteiger partial charge in [0.15, 0.2) is 0 Å². The van der Waals surface area contributed by atoms with E-state index in [1.807, 2.05) is 67.6 Å². The first-order valence-corrected chi connectivity index (χ1v) is 9.17. The highest BCUT2D eigenvalue weighted by atomic mass is 16.3. The number of amides is 1. The molecule has 28 heavy (non-hydrogen) atoms. The van der Waals surface area contributed by atoms with Crippen molar-refractivity contribution in [2.45, 2.75) is 13.0 Å². The molecule has 1 heterocycles. The molecule has 0 bridgehead atoms. The number of pyridine rings is 1. The molecule has 0 aliphatic carbocycles. The number of fused-ring (bicyclic) bond motifs is 1. The van der Waals surface area contributed by atoms with Crippen LogP contribution in [0.15, 0.2) is 84.9 Å². The number of aromatic hydroxyl groups is 1. The lowest BCUT2D eigenvalue weighted by atomic mass is 10.0. The Bertz CT molecular complexity index is 1120. The Labute approximate surface area is 163 Å². The fraction of sp³-hybridized carbons (Fsp3) is 0.0833. The monoisotopic (exact) mass is 368 g/mol. The minimum atomic E-state index is -0.144. The minimum Gasteiger partial charge on any atom is -0.508 e. The molecule has 4 aromatic rings. The van der Waals surface area contributed by atoms with Crippen LogP contribution in [-0.2, 0) is 0 Å². The van der Waals surface area contributed by atoms with Crippen molar-refractivity contribution in [3.8, 4) is 17.0 Å². The molecule has 1 amide bonds. The van der Waals surface area contributed by atoms with Gasteiger partial charge in [0.2, 0.25) is 0 Å². The number of hydrogen-bond acceptors (Lipinski definition) is 3. The summed E-state index contributed by atoms with van der Waals surface area (Å²) >= 11 is 0. The molecule has 1 atom stereocenters. The number of benzene rings is 3. The van der Waals surface area contributed by atoms with Crippen molar-refractivity contribution in [1.82, 2.24) is 10.3 Å². The number of nitrogens with one attached hydrogen (secondary N) is 1. The van der Waals surface area contributed by atoms with Crippen LogP contribution in [0.4, 0.5) is 0 Å². The molecule has 0 aliphatic rings. The molecule has 138 valence electrons. The summed E-state index contributed by atoms with van der Waals surface area (Å²) < 4.78 is 0. The average molecular weight is 368 g/mol. The lowest BCUT2D eigenvalue weighted by molar-refractivity contribution is 0.0941. The Kier molecular flexibility index (Phi) is 4.77. The van der Waals surface area contributed by atoms with E-state index in [-0.39, 0.29) is 17.7 Å². The first-order valence-electron chi connectivity index (χ1n) is 9.17. The molecule has 1 aromatic heterocycles. The molecule has 0 radical (unpaired) electrons. The van der Waals surface area contributed by atoms with Crippen LogP contribution in [0.25, 0.3) is 22.2 Å². The molecule has 1 unspecified atom stereocenters. The summed E-state index contributed by atoms with van der Waals surface area (Å²) in [6, 6.07) is 26.0. The van der Waals surface area contributed by atoms with Crippen molar-refractivity contribution in [2.24, 2.45) is 0 Å². The number of phenolic OH excluding ortho intramolecular Hbond substituents is 1. The summed E-state index contributed by atoms with van der Waals surface area (Å²) in [5.41, 5.74) is 3.92. The maximum atomic E-state index is 13.1. The van der Waals surface area contributed by atoms with Crippen LogP contribution in [0.2, 0.25) is 0 Å². The number of rotatable bonds is 4. The molecule has 0 saturated carbocycles. The SMILES string of the molecule is CC(NC(=O)c1cc(-c2ccc(O)cc2)nc2ccccc12)c1ccccc1. The third kappa shape index (κ3) is 3.58. The van der Waals surface area contributed by atoms with Gasteiger partial charge in [-0.05, 0) is 48.9 Å². The predicted octanol–water partition coefficient (Wildman–Crippen LogP) is 5.10. The van der Waals surface area contributed by atoms with Gasteiger partial charge < -0.3 is 10.4 Å². The molecular formula is C24H20N2O2. The molecule has 0 aliphatic heterocycles. The van der Waals surface area contributed by atoms with Crippen LogP contribution in [0, 0.1) is 0 Å². The second-order valence-corrected chi connectivity index (χ2v) is 6.72. The summed E-state index contributed by atoms with van der Waals surface area (Å²) in [5.74, 6) is 0.0502. The van der Waals surface area contributed by atoms with E-state index < -0.39 is 0 Å². The van der Waals surface area contributed by atoms with Crippen molar-refractivity contribution < 1.29 is 9.90 Å². The molecular weight excluding hydrogens is 348 g/mol. The maximum Gasteiger partial charge on any atom is 0.252 e. The smallest absolute Gasteiger partial charge is 0.252 e. The van der Waals surface area contributed by atoms with Crippen molar-refractivity contribution in [1.29, 1.82) is 0 Å². The molecule has 3 aromatic carbocycles. The summed E-state index contributed by atoms with van der Waals surface area (Å²) in [7, 11) is 0. The fourth-order valence-electron chi connectivity index (χ4n) is 3.24. The highest BCUT2D eigenvalue weighted by molar-refractivity contribution is 6.07. The highest BCUT2D eigenvalue weighted by Gasteiger charge is 2.16. The molecule has 2 N–H and O–H groups in total. The van der Waals surface area contributed by atoms with Gasteiger partial charge >= 0.3 is 0 Å². The van der Waals surface area contributed by atoms with E-state index in [1.54, 1.807) is 24.3 Å². The Balaban J connectivity index is 1.74. The van der Waals surface area contributed by atoms with Crippen LogP contribution >= 0.6 is 0 Å². The van der Waals surface area contributed by atoms with Gasteiger partial charge in [-0.15, -0.1) is 0 Å². The second-order valence-electron chi connectivity index (χ2n) is 6.72. The van der Waals surface area contributed by atoms with E-state index in [0.29, 0.717) is 11.3 Å². The van der Waals surface area contributed by atoms with Crippen molar-refractivity contribution in [2.75, 3.05) is 0 Å². The fourth-order valence-corrected chi connectivity index (χ4v) is 3.24. The van der Waals surface area contributed by atoms with Gasteiger partial charge in [0, 0.05) is 10.9 Å². The lowest BCUT2D eigenvalue weighted by Gasteiger charge is -2.16. The quantitative estimate of drug-likeness (QED) is 0.527. The standard InChI is InChI=1S/C24H20N2O2/c1-16(17-7-3-2-4-8-17)25-24(28)21-15-23(18-11-13-19(27)14-12-18)26-22-10-6-5-9-20(21)22/h2-16,27H,1H3,(H,25,28). The third-order valence-corrected chi connectivity index (χ3v) is 4.77. The Morgan fingerprint density at radius 1 is 0.929 bits per heavy atom. The van der Waals surface area contributed by atoms with Gasteiger partial charge in [-0.1, -0.05) is 48.5 Å². The first kappa shape index (κ1) is 17.7. The molecule has 0 saturated heterocycles. The Morgan fingerprint density at radius 3 is 2.36 bits per heavy atom. The van der Waals surface area contributed by atoms with Crippen molar-refractivity contribution in [3.63, 3.8) is 0 Å². The zero-order valence-electron chi connectivity index (χ0n) is 15.5. The maximum absolute atomic E-state index is 13.1. The lowest BCUT2D eigenvalue weighted by Crippen LogP contribution is -2.27. The van der Waals surface area contributed by atoms with E-state index in [2.05, 4.69) is 5.32 Å². The van der Waals surface area contributed by atoms with E-state index in [0.717, 1.165) is 22.0 Å². The van der Waals surface area contributed by atoms with Crippen LogP contribution in [0.3, 0.4) is 0 Å². The number of para-hydroxylation sites is 1. The number of carbonyl (C=O) groups excluding carboxylic acids is 1. The van der Waals surface area contributed by atoms with E-state index in [9.17, 15) is 9.90 Å². The topological polar surface area (TPSA) is 62.2 Å². The first-order chi connectivity index (χ1) is 13.6. The minimum absolute atomic E-state index is 0.113. The predicted molar refractivity (Wildman–Crippen MR) is 111 cm³/mol. The molecule has 4 rings (SSSR count). The second kappa shape index (κ2) is 7.53. The number of hydrogen-bond donors (Lipinski definition) is 2. The summed E-state index contributed by atoms with van der Waals surface area (Å²) in [6.07, 6.45) is 0. The third-order valence-electron chi connectivity index (χ3n) is 4.77. The summed E-state index contributed by atoms with van der Waals surface area (Å²) in [5, 5.41) is 13.4. The molecule has 0 fully saturated rings. The van der Waals surface area contributed by atoms with Crippen LogP contribution in [-0.4, -0.2) is 16.0 Å². The van der Waals surface area contributed by atoms with Crippen molar-refractivity contribution >= 4 is 16.8 Å². The van der Waals surface area contributed by atoms with Crippen LogP contribution < -0.4 is 5.32 Å². The Morgan fingerprint density at radius 2 is 1.61 bits per heavy atom. The van der Waals surface area contributed by atoms with Gasteiger partial charge in [-0.3, -0.25) is 4.79 Å². The number of phenols is 1. The van der Waals surface area contributed by atoms with Crippen LogP contribution in [0.1, 0.15) is 28.9 Å². The highest BCUT2D eigenvalue weighted by Crippen LogP contribution is 2.26. The molecule has 4 nitrogen and oxygen atoms in total. The van der Waals surface area contributed by atoms with Gasteiger partial charge in [0.25, 0.3) is 5.91 Å². The molecule has 0 spiro atoms. The number of aromatic nitrogens is 1. The number of carbonyl (C=O) groups is 1. The van der Waals surface area contributed by atoms with Gasteiger partial charge in [0.05, 0.1) is 22.8 Å². The van der Waals surface area contributed by atoms with Gasteiger partial charge in [-0.2, -0.15) is 0 Å². The zero-order chi connectivity index (χ0) is 19.5. The largest absolute Gasteiger partial charge is 0.508 e.